The molecule has 0 spiro atoms. The molecule has 1 unspecified atom stereocenters. The molecule has 0 fully saturated rings. The topological polar surface area (TPSA) is 49.3 Å². The first kappa shape index (κ1) is 14.3. The Hall–Kier alpha value is -1.79. The highest BCUT2D eigenvalue weighted by molar-refractivity contribution is 5.96. The van der Waals surface area contributed by atoms with E-state index in [2.05, 4.69) is 24.1 Å². The number of hydrogen-bond acceptors (Lipinski definition) is 2. The quantitative estimate of drug-likeness (QED) is 0.797. The summed E-state index contributed by atoms with van der Waals surface area (Å²) in [4.78, 5) is 12.1. The Kier molecular flexibility index (Phi) is 5.96. The molecule has 0 saturated carbocycles. The van der Waals surface area contributed by atoms with Crippen LogP contribution in [0.1, 0.15) is 42.6 Å². The molecule has 0 aliphatic rings. The third-order valence-corrected chi connectivity index (χ3v) is 2.57. The number of nitrogens with one attached hydrogen (secondary N) is 1. The number of benzene rings is 1. The highest BCUT2D eigenvalue weighted by atomic mass is 16.2. The molecule has 2 N–H and O–H groups in total. The minimum absolute atomic E-state index is 0.112. The molecule has 3 nitrogen and oxygen atoms in total. The molecule has 1 atom stereocenters. The second-order valence-electron chi connectivity index (χ2n) is 4.17. The normalized spacial score (nSPS) is 11.3. The second-order valence-corrected chi connectivity index (χ2v) is 4.17. The predicted molar refractivity (Wildman–Crippen MR) is 72.2 cm³/mol. The number of amides is 1. The van der Waals surface area contributed by atoms with E-state index in [-0.39, 0.29) is 18.6 Å². The van der Waals surface area contributed by atoms with Crippen molar-refractivity contribution in [3.05, 3.63) is 35.4 Å². The van der Waals surface area contributed by atoms with Gasteiger partial charge in [-0.15, -0.1) is 0 Å². The van der Waals surface area contributed by atoms with Gasteiger partial charge in [0, 0.05) is 11.6 Å². The smallest absolute Gasteiger partial charge is 0.252 e. The zero-order chi connectivity index (χ0) is 13.4. The molecule has 96 valence electrons. The van der Waals surface area contributed by atoms with Crippen LogP contribution in [0.15, 0.2) is 24.3 Å². The van der Waals surface area contributed by atoms with E-state index in [1.54, 1.807) is 12.1 Å². The maximum Gasteiger partial charge on any atom is 0.252 e. The largest absolute Gasteiger partial charge is 0.384 e. The Morgan fingerprint density at radius 1 is 1.44 bits per heavy atom. The summed E-state index contributed by atoms with van der Waals surface area (Å²) in [7, 11) is 0. The molecule has 0 aliphatic carbocycles. The van der Waals surface area contributed by atoms with Crippen LogP contribution >= 0.6 is 0 Å². The molecule has 1 amide bonds. The summed E-state index contributed by atoms with van der Waals surface area (Å²) >= 11 is 0. The van der Waals surface area contributed by atoms with Crippen LogP contribution in [0.2, 0.25) is 0 Å². The summed E-state index contributed by atoms with van der Waals surface area (Å²) in [5, 5.41) is 11.6. The molecule has 0 saturated heterocycles. The van der Waals surface area contributed by atoms with E-state index in [0.29, 0.717) is 11.1 Å². The highest BCUT2D eigenvalue weighted by Gasteiger charge is 2.11. The van der Waals surface area contributed by atoms with Gasteiger partial charge in [0.25, 0.3) is 5.91 Å². The fourth-order valence-electron chi connectivity index (χ4n) is 1.73. The third-order valence-electron chi connectivity index (χ3n) is 2.57. The van der Waals surface area contributed by atoms with E-state index < -0.39 is 0 Å². The highest BCUT2D eigenvalue weighted by Crippen LogP contribution is 2.08. The first-order valence-electron chi connectivity index (χ1n) is 6.18. The van der Waals surface area contributed by atoms with E-state index in [9.17, 15) is 4.79 Å². The van der Waals surface area contributed by atoms with Gasteiger partial charge in [0.2, 0.25) is 0 Å². The Morgan fingerprint density at radius 2 is 2.17 bits per heavy atom. The predicted octanol–water partition coefficient (Wildman–Crippen LogP) is 1.95. The number of rotatable bonds is 4. The van der Waals surface area contributed by atoms with Crippen molar-refractivity contribution in [1.29, 1.82) is 0 Å². The first-order valence-corrected chi connectivity index (χ1v) is 6.18. The van der Waals surface area contributed by atoms with Crippen LogP contribution in [0.4, 0.5) is 0 Å². The molecule has 3 heteroatoms. The number of carbonyl (C=O) groups excluding carboxylic acids is 1. The Bertz CT molecular complexity index is 457. The van der Waals surface area contributed by atoms with Crippen LogP contribution in [0.25, 0.3) is 0 Å². The minimum atomic E-state index is -0.206. The van der Waals surface area contributed by atoms with Gasteiger partial charge >= 0.3 is 0 Å². The van der Waals surface area contributed by atoms with Crippen LogP contribution in [0, 0.1) is 11.8 Å². The minimum Gasteiger partial charge on any atom is -0.384 e. The van der Waals surface area contributed by atoms with Gasteiger partial charge in [-0.05, 0) is 25.5 Å². The molecule has 0 radical (unpaired) electrons. The van der Waals surface area contributed by atoms with Crippen molar-refractivity contribution >= 4 is 5.91 Å². The van der Waals surface area contributed by atoms with Gasteiger partial charge in [-0.2, -0.15) is 0 Å². The van der Waals surface area contributed by atoms with Gasteiger partial charge in [0.05, 0.1) is 5.56 Å². The molecule has 0 bridgehead atoms. The van der Waals surface area contributed by atoms with Gasteiger partial charge in [0.1, 0.15) is 6.61 Å². The maximum atomic E-state index is 12.1. The van der Waals surface area contributed by atoms with E-state index >= 15 is 0 Å². The van der Waals surface area contributed by atoms with Gasteiger partial charge in [0.15, 0.2) is 0 Å². The number of hydrogen-bond donors (Lipinski definition) is 2. The summed E-state index contributed by atoms with van der Waals surface area (Å²) in [5.41, 5.74) is 1.20. The van der Waals surface area contributed by atoms with Crippen LogP contribution in [0.3, 0.4) is 0 Å². The lowest BCUT2D eigenvalue weighted by molar-refractivity contribution is 0.0938. The van der Waals surface area contributed by atoms with Crippen molar-refractivity contribution in [3.8, 4) is 11.8 Å². The van der Waals surface area contributed by atoms with Crippen LogP contribution in [-0.2, 0) is 0 Å². The van der Waals surface area contributed by atoms with Crippen molar-refractivity contribution in [1.82, 2.24) is 5.32 Å². The fraction of sp³-hybridized carbons (Fsp3) is 0.400. The molecule has 0 heterocycles. The van der Waals surface area contributed by atoms with Crippen LogP contribution in [0.5, 0.6) is 0 Å². The monoisotopic (exact) mass is 245 g/mol. The Labute approximate surface area is 108 Å². The fourth-order valence-corrected chi connectivity index (χ4v) is 1.73. The van der Waals surface area contributed by atoms with Crippen LogP contribution in [-0.4, -0.2) is 23.7 Å². The summed E-state index contributed by atoms with van der Waals surface area (Å²) in [6.07, 6.45) is 1.99. The van der Waals surface area contributed by atoms with Crippen molar-refractivity contribution in [3.63, 3.8) is 0 Å². The number of aliphatic hydroxyl groups excluding tert-OH is 1. The van der Waals surface area contributed by atoms with Gasteiger partial charge in [-0.3, -0.25) is 4.79 Å². The van der Waals surface area contributed by atoms with Crippen molar-refractivity contribution in [2.75, 3.05) is 6.61 Å². The molecular formula is C15H19NO2. The van der Waals surface area contributed by atoms with E-state index in [1.807, 2.05) is 19.1 Å². The van der Waals surface area contributed by atoms with Gasteiger partial charge in [-0.1, -0.05) is 37.3 Å². The van der Waals surface area contributed by atoms with E-state index in [4.69, 9.17) is 5.11 Å². The third kappa shape index (κ3) is 4.23. The molecule has 18 heavy (non-hydrogen) atoms. The lowest BCUT2D eigenvalue weighted by Gasteiger charge is -2.13. The Morgan fingerprint density at radius 3 is 2.83 bits per heavy atom. The maximum absolute atomic E-state index is 12.1. The molecule has 0 aliphatic heterocycles. The average molecular weight is 245 g/mol. The SMILES string of the molecule is CCCC(C)NC(=O)c1ccccc1C#CCO. The average Bonchev–Trinajstić information content (AvgIpc) is 2.36. The molecule has 0 aromatic heterocycles. The van der Waals surface area contributed by atoms with Crippen molar-refractivity contribution in [2.24, 2.45) is 0 Å². The van der Waals surface area contributed by atoms with Crippen molar-refractivity contribution in [2.45, 2.75) is 32.7 Å². The zero-order valence-electron chi connectivity index (χ0n) is 10.9. The number of aliphatic hydroxyl groups is 1. The van der Waals surface area contributed by atoms with Crippen LogP contribution < -0.4 is 5.32 Å². The summed E-state index contributed by atoms with van der Waals surface area (Å²) in [5.74, 6) is 5.24. The zero-order valence-corrected chi connectivity index (χ0v) is 10.9. The number of carbonyl (C=O) groups is 1. The molecular weight excluding hydrogens is 226 g/mol. The molecule has 1 rings (SSSR count). The summed E-state index contributed by atoms with van der Waals surface area (Å²) in [6, 6.07) is 7.32. The lowest BCUT2D eigenvalue weighted by atomic mass is 10.1. The van der Waals surface area contributed by atoms with E-state index in [0.717, 1.165) is 12.8 Å². The van der Waals surface area contributed by atoms with E-state index in [1.165, 1.54) is 0 Å². The van der Waals surface area contributed by atoms with Gasteiger partial charge < -0.3 is 10.4 Å². The van der Waals surface area contributed by atoms with Crippen molar-refractivity contribution < 1.29 is 9.90 Å². The summed E-state index contributed by atoms with van der Waals surface area (Å²) in [6.45, 7) is 3.87. The second kappa shape index (κ2) is 7.52. The Balaban J connectivity index is 2.85. The standard InChI is InChI=1S/C15H19NO2/c1-3-7-12(2)16-15(18)14-10-5-4-8-13(14)9-6-11-17/h4-5,8,10,12,17H,3,7,11H2,1-2H3,(H,16,18). The first-order chi connectivity index (χ1) is 8.69. The molecule has 1 aromatic rings. The lowest BCUT2D eigenvalue weighted by Crippen LogP contribution is -2.32. The molecule has 1 aromatic carbocycles. The summed E-state index contributed by atoms with van der Waals surface area (Å²) < 4.78 is 0. The van der Waals surface area contributed by atoms with Gasteiger partial charge in [-0.25, -0.2) is 0 Å².